The molecule has 6 heteroatoms. The van der Waals surface area contributed by atoms with Gasteiger partial charge in [0.1, 0.15) is 11.4 Å². The molecule has 1 aliphatic heterocycles. The zero-order valence-electron chi connectivity index (χ0n) is 45.3. The molecule has 1 aliphatic carbocycles. The Morgan fingerprint density at radius 1 is 0.836 bits per heavy atom. The van der Waals surface area contributed by atoms with Gasteiger partial charge in [-0.25, -0.2) is 9.97 Å². The molecule has 5 aromatic carbocycles. The highest BCUT2D eigenvalue weighted by Crippen LogP contribution is 2.43. The molecular weight excluding hydrogens is 891 g/mol. The number of anilines is 1. The monoisotopic (exact) mass is 968 g/mol. The molecule has 0 bridgehead atoms. The van der Waals surface area contributed by atoms with Crippen molar-refractivity contribution in [3.8, 4) is 34.1 Å². The first-order chi connectivity index (χ1) is 35.8. The number of nitrogens with one attached hydrogen (secondary N) is 1. The maximum atomic E-state index is 6.87. The van der Waals surface area contributed by atoms with Gasteiger partial charge in [-0.15, -0.1) is 0 Å². The molecule has 73 heavy (non-hydrogen) atoms. The van der Waals surface area contributed by atoms with Crippen LogP contribution in [0, 0.1) is 6.92 Å². The van der Waals surface area contributed by atoms with Crippen LogP contribution in [0.5, 0.6) is 5.75 Å². The first-order valence-corrected chi connectivity index (χ1v) is 26.5. The van der Waals surface area contributed by atoms with Crippen molar-refractivity contribution in [3.63, 3.8) is 0 Å². The third kappa shape index (κ3) is 12.3. The van der Waals surface area contributed by atoms with Crippen LogP contribution in [0.4, 0.5) is 5.69 Å². The number of nitrogens with zero attached hydrogens (tertiary/aromatic N) is 4. The summed E-state index contributed by atoms with van der Waals surface area (Å²) in [7, 11) is 2.03. The SMILES string of the molecule is C=C/C=C\c1ccc2c(c1C)c1cccc(/C(=C/CCC3(C)CN(C4=CC=CCC=C4)c4ccccc4O3)NC)c1n2-c1cccc(-c2cc(C(/C=C\C)=C/CC)nc(-c3ccccc3)n2)c1.CC.CC.CC. The van der Waals surface area contributed by atoms with Gasteiger partial charge in [0.05, 0.1) is 34.7 Å². The van der Waals surface area contributed by atoms with Gasteiger partial charge in [-0.05, 0) is 112 Å². The number of aryl methyl sites for hydroxylation is 1. The third-order valence-electron chi connectivity index (χ3n) is 12.8. The van der Waals surface area contributed by atoms with Crippen molar-refractivity contribution in [2.45, 2.75) is 101 Å². The normalized spacial score (nSPS) is 15.3. The van der Waals surface area contributed by atoms with Crippen molar-refractivity contribution in [1.82, 2.24) is 19.9 Å². The van der Waals surface area contributed by atoms with Crippen molar-refractivity contribution in [3.05, 3.63) is 217 Å². The summed E-state index contributed by atoms with van der Waals surface area (Å²) in [6.07, 6.45) is 29.2. The van der Waals surface area contributed by atoms with E-state index in [-0.39, 0.29) is 0 Å². The molecule has 0 amide bonds. The maximum Gasteiger partial charge on any atom is 0.160 e. The molecule has 2 aromatic heterocycles. The predicted molar refractivity (Wildman–Crippen MR) is 318 cm³/mol. The van der Waals surface area contributed by atoms with Crippen molar-refractivity contribution in [1.29, 1.82) is 0 Å². The van der Waals surface area contributed by atoms with Crippen molar-refractivity contribution >= 4 is 44.8 Å². The van der Waals surface area contributed by atoms with E-state index in [0.717, 1.165) is 105 Å². The standard InChI is InChI=1S/C61H59N5O.3C2H6/c1-7-10-25-44-37-38-56-58(43(44)4)51-33-21-32-50(52(62-6)34-22-39-61(5)42-65(48-29-16-11-12-17-30-48)55-35-18-19-36-57(55)67-61)59(51)66(56)49-31-20-28-47(40-49)54-41-53(45(23-8-2)24-9-3)63-60(64-54)46-26-14-13-15-27-46;3*1-2/h7-8,10-11,13-21,23-38,40-41,62H,1,9,12,22,39,42H2,2-6H3;3*1-2H3/b23-8-,25-10-,45-24+,52-34-;;;. The quantitative estimate of drug-likeness (QED) is 0.110. The molecule has 7 aromatic rings. The van der Waals surface area contributed by atoms with E-state index in [9.17, 15) is 0 Å². The fraction of sp³-hybridized carbons (Fsp3) is 0.254. The number of rotatable bonds is 14. The lowest BCUT2D eigenvalue weighted by Gasteiger charge is -2.43. The van der Waals surface area contributed by atoms with Gasteiger partial charge in [-0.1, -0.05) is 195 Å². The highest BCUT2D eigenvalue weighted by atomic mass is 16.5. The Labute approximate surface area is 437 Å². The number of aromatic nitrogens is 3. The molecule has 376 valence electrons. The molecular formula is C67H77N5O. The van der Waals surface area contributed by atoms with E-state index >= 15 is 0 Å². The minimum absolute atomic E-state index is 0.427. The Kier molecular flexibility index (Phi) is 20.0. The highest BCUT2D eigenvalue weighted by Gasteiger charge is 2.36. The molecule has 1 atom stereocenters. The Balaban J connectivity index is 0.00000140. The molecule has 0 saturated heterocycles. The summed E-state index contributed by atoms with van der Waals surface area (Å²) >= 11 is 0. The van der Waals surface area contributed by atoms with Crippen LogP contribution in [0.25, 0.3) is 67.5 Å². The Morgan fingerprint density at radius 2 is 1.59 bits per heavy atom. The highest BCUT2D eigenvalue weighted by molar-refractivity contribution is 6.14. The molecule has 0 radical (unpaired) electrons. The first kappa shape index (κ1) is 54.6. The largest absolute Gasteiger partial charge is 0.484 e. The van der Waals surface area contributed by atoms with E-state index in [2.05, 4.69) is 200 Å². The zero-order valence-corrected chi connectivity index (χ0v) is 45.3. The van der Waals surface area contributed by atoms with Gasteiger partial charge >= 0.3 is 0 Å². The average molecular weight is 968 g/mol. The fourth-order valence-corrected chi connectivity index (χ4v) is 9.57. The summed E-state index contributed by atoms with van der Waals surface area (Å²) in [5.74, 6) is 1.61. The number of allylic oxidation sites excluding steroid dienone is 12. The molecule has 9 rings (SSSR count). The van der Waals surface area contributed by atoms with Gasteiger partial charge in [-0.2, -0.15) is 0 Å². The van der Waals surface area contributed by atoms with Crippen molar-refractivity contribution in [2.75, 3.05) is 18.5 Å². The predicted octanol–water partition coefficient (Wildman–Crippen LogP) is 18.3. The third-order valence-corrected chi connectivity index (χ3v) is 12.8. The number of benzene rings is 5. The molecule has 2 aliphatic rings. The summed E-state index contributed by atoms with van der Waals surface area (Å²) in [6.45, 7) is 25.4. The average Bonchev–Trinajstić information content (AvgIpc) is 3.55. The van der Waals surface area contributed by atoms with Gasteiger partial charge in [0, 0.05) is 51.6 Å². The Bertz CT molecular complexity index is 3190. The van der Waals surface area contributed by atoms with E-state index in [1.165, 1.54) is 22.0 Å². The Hall–Kier alpha value is -7.70. The molecule has 3 heterocycles. The lowest BCUT2D eigenvalue weighted by Crippen LogP contribution is -2.48. The van der Waals surface area contributed by atoms with Crippen LogP contribution in [-0.2, 0) is 0 Å². The van der Waals surface area contributed by atoms with Crippen LogP contribution in [0.15, 0.2) is 194 Å². The number of ether oxygens (including phenoxy) is 1. The Morgan fingerprint density at radius 3 is 2.34 bits per heavy atom. The second kappa shape index (κ2) is 26.7. The van der Waals surface area contributed by atoms with Crippen LogP contribution in [0.3, 0.4) is 0 Å². The van der Waals surface area contributed by atoms with Gasteiger partial charge in [0.15, 0.2) is 5.82 Å². The summed E-state index contributed by atoms with van der Waals surface area (Å²) in [4.78, 5) is 12.8. The topological polar surface area (TPSA) is 55.2 Å². The van der Waals surface area contributed by atoms with E-state index in [4.69, 9.17) is 14.7 Å². The van der Waals surface area contributed by atoms with Crippen molar-refractivity contribution in [2.24, 2.45) is 0 Å². The van der Waals surface area contributed by atoms with Gasteiger partial charge in [0.2, 0.25) is 0 Å². The van der Waals surface area contributed by atoms with Gasteiger partial charge in [-0.3, -0.25) is 0 Å². The number of fused-ring (bicyclic) bond motifs is 4. The van der Waals surface area contributed by atoms with Crippen molar-refractivity contribution < 1.29 is 4.74 Å². The molecule has 1 N–H and O–H groups in total. The molecule has 1 unspecified atom stereocenters. The van der Waals surface area contributed by atoms with E-state index in [1.54, 1.807) is 0 Å². The van der Waals surface area contributed by atoms with Crippen LogP contribution in [-0.4, -0.2) is 33.7 Å². The number of hydrogen-bond acceptors (Lipinski definition) is 5. The molecule has 0 spiro atoms. The molecule has 0 saturated carbocycles. The van der Waals surface area contributed by atoms with Crippen LogP contribution in [0.2, 0.25) is 0 Å². The second-order valence-electron chi connectivity index (χ2n) is 17.4. The van der Waals surface area contributed by atoms with E-state index in [0.29, 0.717) is 5.82 Å². The lowest BCUT2D eigenvalue weighted by atomic mass is 9.94. The van der Waals surface area contributed by atoms with Crippen LogP contribution >= 0.6 is 0 Å². The van der Waals surface area contributed by atoms with E-state index < -0.39 is 5.60 Å². The first-order valence-electron chi connectivity index (χ1n) is 26.5. The minimum Gasteiger partial charge on any atom is -0.484 e. The molecule has 0 fully saturated rings. The summed E-state index contributed by atoms with van der Waals surface area (Å²) in [5.41, 5.74) is 14.6. The summed E-state index contributed by atoms with van der Waals surface area (Å²) in [5, 5.41) is 6.05. The smallest absolute Gasteiger partial charge is 0.160 e. The minimum atomic E-state index is -0.427. The fourth-order valence-electron chi connectivity index (χ4n) is 9.57. The molecule has 6 nitrogen and oxygen atoms in total. The van der Waals surface area contributed by atoms with Crippen LogP contribution in [0.1, 0.15) is 110 Å². The number of hydrogen-bond donors (Lipinski definition) is 1. The van der Waals surface area contributed by atoms with Gasteiger partial charge < -0.3 is 19.5 Å². The number of para-hydroxylation sites is 3. The van der Waals surface area contributed by atoms with E-state index in [1.807, 2.05) is 85.9 Å². The summed E-state index contributed by atoms with van der Waals surface area (Å²) < 4.78 is 9.30. The van der Waals surface area contributed by atoms with Gasteiger partial charge in [0.25, 0.3) is 0 Å². The lowest BCUT2D eigenvalue weighted by molar-refractivity contribution is 0.0792. The zero-order chi connectivity index (χ0) is 52.3. The summed E-state index contributed by atoms with van der Waals surface area (Å²) in [6, 6.07) is 40.8. The maximum absolute atomic E-state index is 6.87. The van der Waals surface area contributed by atoms with Crippen LogP contribution < -0.4 is 15.0 Å². The second-order valence-corrected chi connectivity index (χ2v) is 17.4.